The molecule has 0 heterocycles. The monoisotopic (exact) mass is 358 g/mol. The number of nitriles is 1. The summed E-state index contributed by atoms with van der Waals surface area (Å²) in [6.45, 7) is 3.89. The van der Waals surface area contributed by atoms with E-state index in [2.05, 4.69) is 10.8 Å². The predicted octanol–water partition coefficient (Wildman–Crippen LogP) is 3.32. The van der Waals surface area contributed by atoms with E-state index in [-0.39, 0.29) is 18.4 Å². The number of sulfonamides is 1. The highest BCUT2D eigenvalue weighted by Crippen LogP contribution is 2.23. The molecule has 0 amide bonds. The van der Waals surface area contributed by atoms with Crippen molar-refractivity contribution in [2.75, 3.05) is 12.3 Å². The maximum atomic E-state index is 11.6. The van der Waals surface area contributed by atoms with Crippen molar-refractivity contribution in [2.24, 2.45) is 0 Å². The molecular formula is C19H22N2O3S. The van der Waals surface area contributed by atoms with Crippen LogP contribution in [0.25, 0.3) is 11.1 Å². The molecule has 0 aromatic heterocycles. The van der Waals surface area contributed by atoms with E-state index < -0.39 is 10.0 Å². The average molecular weight is 358 g/mol. The van der Waals surface area contributed by atoms with E-state index in [4.69, 9.17) is 10.00 Å². The van der Waals surface area contributed by atoms with Gasteiger partial charge < -0.3 is 4.74 Å². The summed E-state index contributed by atoms with van der Waals surface area (Å²) < 4.78 is 31.6. The molecule has 2 rings (SSSR count). The molecule has 0 aliphatic heterocycles. The highest BCUT2D eigenvalue weighted by Gasteiger charge is 2.11. The van der Waals surface area contributed by atoms with Crippen LogP contribution in [0.2, 0.25) is 0 Å². The van der Waals surface area contributed by atoms with Crippen LogP contribution in [0.4, 0.5) is 0 Å². The van der Waals surface area contributed by atoms with Gasteiger partial charge in [0.2, 0.25) is 10.0 Å². The van der Waals surface area contributed by atoms with Crippen LogP contribution in [0, 0.1) is 11.3 Å². The minimum Gasteiger partial charge on any atom is -0.489 e. The fourth-order valence-corrected chi connectivity index (χ4v) is 3.49. The molecule has 0 saturated carbocycles. The molecular weight excluding hydrogens is 336 g/mol. The summed E-state index contributed by atoms with van der Waals surface area (Å²) in [4.78, 5) is 0. The summed E-state index contributed by atoms with van der Waals surface area (Å²) in [5.74, 6) is 0.804. The highest BCUT2D eigenvalue weighted by atomic mass is 32.2. The van der Waals surface area contributed by atoms with Gasteiger partial charge in [-0.1, -0.05) is 31.2 Å². The average Bonchev–Trinajstić information content (AvgIpc) is 2.61. The van der Waals surface area contributed by atoms with Gasteiger partial charge in [0.05, 0.1) is 17.4 Å². The minimum absolute atomic E-state index is 0.124. The molecule has 0 saturated heterocycles. The first-order chi connectivity index (χ1) is 11.9. The molecule has 0 bridgehead atoms. The number of nitrogens with zero attached hydrogens (tertiary/aromatic N) is 1. The van der Waals surface area contributed by atoms with Crippen LogP contribution >= 0.6 is 0 Å². The summed E-state index contributed by atoms with van der Waals surface area (Å²) in [6, 6.07) is 17.0. The van der Waals surface area contributed by atoms with Gasteiger partial charge in [0.25, 0.3) is 0 Å². The van der Waals surface area contributed by atoms with Gasteiger partial charge in [-0.25, -0.2) is 13.1 Å². The summed E-state index contributed by atoms with van der Waals surface area (Å²) in [5.41, 5.74) is 2.67. The van der Waals surface area contributed by atoms with Gasteiger partial charge in [-0.3, -0.25) is 0 Å². The normalized spacial score (nSPS) is 12.4. The molecule has 25 heavy (non-hydrogen) atoms. The van der Waals surface area contributed by atoms with Crippen LogP contribution < -0.4 is 9.46 Å². The Morgan fingerprint density at radius 1 is 1.08 bits per heavy atom. The summed E-state index contributed by atoms with van der Waals surface area (Å²) in [5, 5.41) is 8.83. The van der Waals surface area contributed by atoms with E-state index in [9.17, 15) is 8.42 Å². The van der Waals surface area contributed by atoms with Crippen molar-refractivity contribution in [3.05, 3.63) is 54.1 Å². The fourth-order valence-electron chi connectivity index (χ4n) is 2.32. The second-order valence-electron chi connectivity index (χ2n) is 5.81. The maximum absolute atomic E-state index is 11.6. The van der Waals surface area contributed by atoms with Crippen LogP contribution in [0.3, 0.4) is 0 Å². The van der Waals surface area contributed by atoms with Gasteiger partial charge in [-0.2, -0.15) is 5.26 Å². The molecule has 5 nitrogen and oxygen atoms in total. The molecule has 0 fully saturated rings. The van der Waals surface area contributed by atoms with Crippen molar-refractivity contribution in [1.82, 2.24) is 4.72 Å². The summed E-state index contributed by atoms with van der Waals surface area (Å²) >= 11 is 0. The molecule has 1 atom stereocenters. The first-order valence-electron chi connectivity index (χ1n) is 8.18. The molecule has 2 aromatic rings. The Morgan fingerprint density at radius 2 is 1.64 bits per heavy atom. The van der Waals surface area contributed by atoms with E-state index in [1.807, 2.05) is 50.2 Å². The Morgan fingerprint density at radius 3 is 2.16 bits per heavy atom. The standard InChI is InChI=1S/C19H22N2O3S/c1-3-12-25(22,23)21-14-15(2)24-19-10-8-18(9-11-19)17-6-4-16(13-20)5-7-17/h4-11,15,21H,3,12,14H2,1-2H3/t15-/m1/s1. The zero-order chi connectivity index (χ0) is 18.3. The lowest BCUT2D eigenvalue weighted by Crippen LogP contribution is -2.34. The van der Waals surface area contributed by atoms with Gasteiger partial charge in [-0.05, 0) is 48.7 Å². The van der Waals surface area contributed by atoms with Gasteiger partial charge in [0.1, 0.15) is 11.9 Å². The van der Waals surface area contributed by atoms with Gasteiger partial charge in [-0.15, -0.1) is 0 Å². The first-order valence-corrected chi connectivity index (χ1v) is 9.83. The Bertz CT molecular complexity index is 822. The molecule has 0 radical (unpaired) electrons. The molecule has 132 valence electrons. The lowest BCUT2D eigenvalue weighted by molar-refractivity contribution is 0.225. The number of hydrogen-bond donors (Lipinski definition) is 1. The molecule has 6 heteroatoms. The van der Waals surface area contributed by atoms with Crippen molar-refractivity contribution >= 4 is 10.0 Å². The van der Waals surface area contributed by atoms with Crippen molar-refractivity contribution in [3.63, 3.8) is 0 Å². The van der Waals surface area contributed by atoms with Crippen molar-refractivity contribution in [1.29, 1.82) is 5.26 Å². The quantitative estimate of drug-likeness (QED) is 0.785. The summed E-state index contributed by atoms with van der Waals surface area (Å²) in [6.07, 6.45) is 0.314. The Labute approximate surface area is 149 Å². The first kappa shape index (κ1) is 19.0. The van der Waals surface area contributed by atoms with Gasteiger partial charge >= 0.3 is 0 Å². The van der Waals surface area contributed by atoms with E-state index in [1.165, 1.54) is 0 Å². The van der Waals surface area contributed by atoms with E-state index in [0.717, 1.165) is 11.1 Å². The third-order valence-corrected chi connectivity index (χ3v) is 5.15. The third-order valence-electron chi connectivity index (χ3n) is 3.60. The second kappa shape index (κ2) is 8.65. The molecule has 0 aliphatic carbocycles. The zero-order valence-corrected chi connectivity index (χ0v) is 15.2. The van der Waals surface area contributed by atoms with Crippen LogP contribution in [0.1, 0.15) is 25.8 Å². The molecule has 0 spiro atoms. The Hall–Kier alpha value is -2.36. The lowest BCUT2D eigenvalue weighted by atomic mass is 10.0. The minimum atomic E-state index is -3.22. The molecule has 0 aliphatic rings. The fraction of sp³-hybridized carbons (Fsp3) is 0.316. The second-order valence-corrected chi connectivity index (χ2v) is 7.74. The molecule has 1 N–H and O–H groups in total. The molecule has 2 aromatic carbocycles. The van der Waals surface area contributed by atoms with Crippen molar-refractivity contribution in [2.45, 2.75) is 26.4 Å². The van der Waals surface area contributed by atoms with Crippen LogP contribution in [-0.2, 0) is 10.0 Å². The number of benzene rings is 2. The molecule has 0 unspecified atom stereocenters. The number of rotatable bonds is 8. The number of ether oxygens (including phenoxy) is 1. The Kier molecular flexibility index (Phi) is 6.57. The highest BCUT2D eigenvalue weighted by molar-refractivity contribution is 7.89. The SMILES string of the molecule is CCCS(=O)(=O)NC[C@@H](C)Oc1ccc(-c2ccc(C#N)cc2)cc1. The summed E-state index contributed by atoms with van der Waals surface area (Å²) in [7, 11) is -3.22. The van der Waals surface area contributed by atoms with Gasteiger partial charge in [0.15, 0.2) is 0 Å². The zero-order valence-electron chi connectivity index (χ0n) is 14.4. The third kappa shape index (κ3) is 5.89. The largest absolute Gasteiger partial charge is 0.489 e. The van der Waals surface area contributed by atoms with Crippen LogP contribution in [0.15, 0.2) is 48.5 Å². The number of hydrogen-bond acceptors (Lipinski definition) is 4. The van der Waals surface area contributed by atoms with Gasteiger partial charge in [0, 0.05) is 6.54 Å². The number of nitrogens with one attached hydrogen (secondary N) is 1. The lowest BCUT2D eigenvalue weighted by Gasteiger charge is -2.16. The Balaban J connectivity index is 1.94. The smallest absolute Gasteiger partial charge is 0.211 e. The van der Waals surface area contributed by atoms with Crippen molar-refractivity contribution in [3.8, 4) is 22.9 Å². The van der Waals surface area contributed by atoms with E-state index >= 15 is 0 Å². The maximum Gasteiger partial charge on any atom is 0.211 e. The van der Waals surface area contributed by atoms with Crippen molar-refractivity contribution < 1.29 is 13.2 Å². The van der Waals surface area contributed by atoms with E-state index in [0.29, 0.717) is 17.7 Å². The van der Waals surface area contributed by atoms with Crippen LogP contribution in [0.5, 0.6) is 5.75 Å². The van der Waals surface area contributed by atoms with E-state index in [1.54, 1.807) is 12.1 Å². The topological polar surface area (TPSA) is 79.2 Å². The van der Waals surface area contributed by atoms with Crippen LogP contribution in [-0.4, -0.2) is 26.8 Å². The predicted molar refractivity (Wildman–Crippen MR) is 98.8 cm³/mol.